The Balaban J connectivity index is 1.54. The number of sulfonamides is 1. The summed E-state index contributed by atoms with van der Waals surface area (Å²) in [6, 6.07) is 9.48. The number of benzene rings is 1. The summed E-state index contributed by atoms with van der Waals surface area (Å²) < 4.78 is 33.8. The van der Waals surface area contributed by atoms with Crippen LogP contribution in [-0.2, 0) is 20.5 Å². The van der Waals surface area contributed by atoms with E-state index in [1.165, 1.54) is 0 Å². The van der Waals surface area contributed by atoms with Crippen molar-refractivity contribution in [3.05, 3.63) is 42.1 Å². The Labute approximate surface area is 142 Å². The zero-order chi connectivity index (χ0) is 16.8. The van der Waals surface area contributed by atoms with Crippen LogP contribution < -0.4 is 4.72 Å². The molecule has 2 aliphatic carbocycles. The summed E-state index contributed by atoms with van der Waals surface area (Å²) in [7, 11) is -1.69. The van der Waals surface area contributed by atoms with E-state index in [9.17, 15) is 8.42 Å². The summed E-state index contributed by atoms with van der Waals surface area (Å²) in [5.41, 5.74) is 1.52. The van der Waals surface area contributed by atoms with Crippen molar-refractivity contribution in [1.29, 1.82) is 0 Å². The minimum Gasteiger partial charge on any atom is -0.381 e. The van der Waals surface area contributed by atoms with Gasteiger partial charge in [-0.2, -0.15) is 0 Å². The Morgan fingerprint density at radius 3 is 2.79 bits per heavy atom. The van der Waals surface area contributed by atoms with E-state index in [0.717, 1.165) is 42.1 Å². The number of methoxy groups -OCH3 is 1. The van der Waals surface area contributed by atoms with E-state index in [-0.39, 0.29) is 23.3 Å². The smallest absolute Gasteiger partial charge is 0.216 e. The molecule has 0 aliphatic heterocycles. The molecule has 6 heteroatoms. The molecule has 0 radical (unpaired) electrons. The SMILES string of the molecule is COC1CC(NS(=O)(=O)Cc2cccc3cccnc23)C12CCC2. The van der Waals surface area contributed by atoms with Crippen molar-refractivity contribution in [2.24, 2.45) is 5.41 Å². The number of nitrogens with zero attached hydrogens (tertiary/aromatic N) is 1. The first kappa shape index (κ1) is 16.0. The molecule has 1 aromatic carbocycles. The van der Waals surface area contributed by atoms with Crippen LogP contribution in [0.3, 0.4) is 0 Å². The third-order valence-electron chi connectivity index (χ3n) is 5.74. The number of nitrogens with one attached hydrogen (secondary N) is 1. The molecule has 2 atom stereocenters. The maximum Gasteiger partial charge on any atom is 0.216 e. The van der Waals surface area contributed by atoms with Gasteiger partial charge < -0.3 is 4.74 Å². The van der Waals surface area contributed by atoms with Crippen LogP contribution in [0.15, 0.2) is 36.5 Å². The van der Waals surface area contributed by atoms with Crippen molar-refractivity contribution < 1.29 is 13.2 Å². The summed E-state index contributed by atoms with van der Waals surface area (Å²) >= 11 is 0. The minimum atomic E-state index is -3.41. The first-order chi connectivity index (χ1) is 11.5. The maximum absolute atomic E-state index is 12.7. The van der Waals surface area contributed by atoms with E-state index in [0.29, 0.717) is 0 Å². The average Bonchev–Trinajstić information content (AvgIpc) is 2.49. The van der Waals surface area contributed by atoms with Crippen molar-refractivity contribution in [3.8, 4) is 0 Å². The molecule has 0 bridgehead atoms. The molecule has 5 nitrogen and oxygen atoms in total. The third-order valence-corrected chi connectivity index (χ3v) is 7.07. The molecule has 2 aliphatic rings. The van der Waals surface area contributed by atoms with Crippen LogP contribution in [-0.4, -0.2) is 32.7 Å². The first-order valence-corrected chi connectivity index (χ1v) is 10.0. The lowest BCUT2D eigenvalue weighted by Crippen LogP contribution is -2.67. The Bertz CT molecular complexity index is 856. The van der Waals surface area contributed by atoms with Crippen molar-refractivity contribution >= 4 is 20.9 Å². The van der Waals surface area contributed by atoms with Crippen LogP contribution >= 0.6 is 0 Å². The quantitative estimate of drug-likeness (QED) is 0.904. The van der Waals surface area contributed by atoms with Crippen LogP contribution in [0.1, 0.15) is 31.2 Å². The molecule has 2 unspecified atom stereocenters. The van der Waals surface area contributed by atoms with Gasteiger partial charge in [-0.3, -0.25) is 4.98 Å². The van der Waals surface area contributed by atoms with Crippen LogP contribution in [0.5, 0.6) is 0 Å². The van der Waals surface area contributed by atoms with Gasteiger partial charge in [0.15, 0.2) is 0 Å². The molecule has 0 amide bonds. The van der Waals surface area contributed by atoms with Gasteiger partial charge in [-0.25, -0.2) is 13.1 Å². The minimum absolute atomic E-state index is 0.00383. The van der Waals surface area contributed by atoms with Crippen LogP contribution in [0.4, 0.5) is 0 Å². The second-order valence-electron chi connectivity index (χ2n) is 6.97. The lowest BCUT2D eigenvalue weighted by molar-refractivity contribution is -0.155. The van der Waals surface area contributed by atoms with Gasteiger partial charge in [-0.15, -0.1) is 0 Å². The topological polar surface area (TPSA) is 68.3 Å². The van der Waals surface area contributed by atoms with E-state index < -0.39 is 10.0 Å². The third kappa shape index (κ3) is 2.53. The average molecular weight is 346 g/mol. The molecule has 128 valence electrons. The summed E-state index contributed by atoms with van der Waals surface area (Å²) in [6.07, 6.45) is 5.92. The number of aromatic nitrogens is 1. The summed E-state index contributed by atoms with van der Waals surface area (Å²) in [6.45, 7) is 0. The molecular formula is C18H22N2O3S. The lowest BCUT2D eigenvalue weighted by atomic mass is 9.51. The van der Waals surface area contributed by atoms with Crippen LogP contribution in [0.25, 0.3) is 10.9 Å². The van der Waals surface area contributed by atoms with Gasteiger partial charge in [-0.05, 0) is 30.9 Å². The monoisotopic (exact) mass is 346 g/mol. The fourth-order valence-corrected chi connectivity index (χ4v) is 5.74. The first-order valence-electron chi connectivity index (χ1n) is 8.39. The number of ether oxygens (including phenoxy) is 1. The zero-order valence-electron chi connectivity index (χ0n) is 13.7. The highest BCUT2D eigenvalue weighted by Crippen LogP contribution is 2.57. The molecule has 1 N–H and O–H groups in total. The zero-order valence-corrected chi connectivity index (χ0v) is 14.6. The Morgan fingerprint density at radius 1 is 1.29 bits per heavy atom. The highest BCUT2D eigenvalue weighted by molar-refractivity contribution is 7.88. The molecule has 2 fully saturated rings. The Kier molecular flexibility index (Phi) is 3.86. The van der Waals surface area contributed by atoms with E-state index in [1.54, 1.807) is 13.3 Å². The summed E-state index contributed by atoms with van der Waals surface area (Å²) in [5.74, 6) is -0.0361. The second-order valence-corrected chi connectivity index (χ2v) is 8.72. The highest BCUT2D eigenvalue weighted by atomic mass is 32.2. The van der Waals surface area contributed by atoms with E-state index in [4.69, 9.17) is 4.74 Å². The molecule has 4 rings (SSSR count). The number of para-hydroxylation sites is 1. The number of hydrogen-bond acceptors (Lipinski definition) is 4. The Hall–Kier alpha value is -1.50. The van der Waals surface area contributed by atoms with Gasteiger partial charge in [0.05, 0.1) is 17.4 Å². The lowest BCUT2D eigenvalue weighted by Gasteiger charge is -2.60. The van der Waals surface area contributed by atoms with Crippen molar-refractivity contribution in [3.63, 3.8) is 0 Å². The van der Waals surface area contributed by atoms with Crippen LogP contribution in [0.2, 0.25) is 0 Å². The molecular weight excluding hydrogens is 324 g/mol. The van der Waals surface area contributed by atoms with Gasteiger partial charge in [0.2, 0.25) is 10.0 Å². The van der Waals surface area contributed by atoms with E-state index >= 15 is 0 Å². The van der Waals surface area contributed by atoms with Crippen molar-refractivity contribution in [1.82, 2.24) is 9.71 Å². The predicted octanol–water partition coefficient (Wildman–Crippen LogP) is 2.61. The predicted molar refractivity (Wildman–Crippen MR) is 93.0 cm³/mol. The highest BCUT2D eigenvalue weighted by Gasteiger charge is 2.59. The molecule has 2 saturated carbocycles. The normalized spacial score (nSPS) is 25.4. The standard InChI is InChI=1S/C18H22N2O3S/c1-23-16-11-15(18(16)8-4-9-18)20-24(21,22)12-14-6-2-5-13-7-3-10-19-17(13)14/h2-3,5-7,10,15-16,20H,4,8-9,11-12H2,1H3. The van der Waals surface area contributed by atoms with Crippen molar-refractivity contribution in [2.75, 3.05) is 7.11 Å². The van der Waals surface area contributed by atoms with Gasteiger partial charge >= 0.3 is 0 Å². The van der Waals surface area contributed by atoms with Gasteiger partial charge in [0, 0.05) is 30.1 Å². The van der Waals surface area contributed by atoms with Crippen molar-refractivity contribution in [2.45, 2.75) is 43.6 Å². The van der Waals surface area contributed by atoms with E-state index in [1.807, 2.05) is 30.3 Å². The molecule has 2 aromatic rings. The summed E-state index contributed by atoms with van der Waals surface area (Å²) in [4.78, 5) is 4.35. The molecule has 1 spiro atoms. The van der Waals surface area contributed by atoms with Gasteiger partial charge in [0.25, 0.3) is 0 Å². The maximum atomic E-state index is 12.7. The largest absolute Gasteiger partial charge is 0.381 e. The number of hydrogen-bond donors (Lipinski definition) is 1. The van der Waals surface area contributed by atoms with Gasteiger partial charge in [-0.1, -0.05) is 30.7 Å². The molecule has 1 heterocycles. The van der Waals surface area contributed by atoms with Crippen LogP contribution in [0, 0.1) is 5.41 Å². The Morgan fingerprint density at radius 2 is 2.08 bits per heavy atom. The number of fused-ring (bicyclic) bond motifs is 1. The number of pyridine rings is 1. The number of rotatable bonds is 5. The molecule has 1 aromatic heterocycles. The molecule has 24 heavy (non-hydrogen) atoms. The summed E-state index contributed by atoms with van der Waals surface area (Å²) in [5, 5.41) is 0.962. The fourth-order valence-electron chi connectivity index (χ4n) is 4.25. The fraction of sp³-hybridized carbons (Fsp3) is 0.500. The van der Waals surface area contributed by atoms with Gasteiger partial charge in [0.1, 0.15) is 0 Å². The molecule has 0 saturated heterocycles. The second kappa shape index (κ2) is 5.79. The van der Waals surface area contributed by atoms with E-state index in [2.05, 4.69) is 9.71 Å².